The Kier molecular flexibility index (Phi) is 4.33. The fraction of sp³-hybridized carbons (Fsp3) is 0.467. The molecule has 0 aromatic carbocycles. The summed E-state index contributed by atoms with van der Waals surface area (Å²) in [5.41, 5.74) is 1.39. The average molecular weight is 295 g/mol. The van der Waals surface area contributed by atoms with Crippen LogP contribution in [0.5, 0.6) is 0 Å². The van der Waals surface area contributed by atoms with E-state index in [4.69, 9.17) is 16.3 Å². The summed E-state index contributed by atoms with van der Waals surface area (Å²) < 4.78 is 5.38. The van der Waals surface area contributed by atoms with Crippen molar-refractivity contribution in [1.82, 2.24) is 9.88 Å². The van der Waals surface area contributed by atoms with Gasteiger partial charge in [0.25, 0.3) is 0 Å². The summed E-state index contributed by atoms with van der Waals surface area (Å²) in [6.07, 6.45) is 4.92. The number of hydrogen-bond donors (Lipinski definition) is 0. The molecule has 2 heterocycles. The number of carbonyl (C=O) groups is 1. The normalized spacial score (nSPS) is 15.8. The van der Waals surface area contributed by atoms with Crippen molar-refractivity contribution in [3.63, 3.8) is 0 Å². The van der Waals surface area contributed by atoms with E-state index in [2.05, 4.69) is 4.98 Å². The Morgan fingerprint density at radius 3 is 2.75 bits per heavy atom. The highest BCUT2D eigenvalue weighted by Crippen LogP contribution is 2.25. The smallest absolute Gasteiger partial charge is 0.414 e. The van der Waals surface area contributed by atoms with Gasteiger partial charge in [0.2, 0.25) is 0 Å². The van der Waals surface area contributed by atoms with Gasteiger partial charge in [-0.25, -0.2) is 4.79 Å². The third kappa shape index (κ3) is 3.97. The van der Waals surface area contributed by atoms with E-state index in [1.54, 1.807) is 17.2 Å². The van der Waals surface area contributed by atoms with Crippen LogP contribution in [0.2, 0.25) is 5.02 Å². The van der Waals surface area contributed by atoms with Crippen LogP contribution in [0.3, 0.4) is 0 Å². The molecule has 1 aromatic rings. The number of ether oxygens (including phenoxy) is 1. The molecule has 1 aromatic heterocycles. The number of amides is 1. The highest BCUT2D eigenvalue weighted by atomic mass is 35.5. The summed E-state index contributed by atoms with van der Waals surface area (Å²) in [7, 11) is 0. The Hall–Kier alpha value is -1.55. The third-order valence-corrected chi connectivity index (χ3v) is 3.06. The van der Waals surface area contributed by atoms with Crippen LogP contribution in [0.1, 0.15) is 39.3 Å². The number of hydrogen-bond acceptors (Lipinski definition) is 3. The summed E-state index contributed by atoms with van der Waals surface area (Å²) in [5.74, 6) is 0. The van der Waals surface area contributed by atoms with Crippen LogP contribution in [-0.2, 0) is 4.74 Å². The highest BCUT2D eigenvalue weighted by molar-refractivity contribution is 6.30. The number of halogens is 1. The summed E-state index contributed by atoms with van der Waals surface area (Å²) >= 11 is 5.84. The molecule has 20 heavy (non-hydrogen) atoms. The summed E-state index contributed by atoms with van der Waals surface area (Å²) in [5, 5.41) is 0.606. The van der Waals surface area contributed by atoms with Crippen LogP contribution in [0.4, 0.5) is 4.79 Å². The van der Waals surface area contributed by atoms with Gasteiger partial charge >= 0.3 is 6.09 Å². The first-order valence-corrected chi connectivity index (χ1v) is 7.05. The predicted octanol–water partition coefficient (Wildman–Crippen LogP) is 4.11. The van der Waals surface area contributed by atoms with Gasteiger partial charge in [0.15, 0.2) is 0 Å². The Morgan fingerprint density at radius 1 is 1.40 bits per heavy atom. The van der Waals surface area contributed by atoms with Gasteiger partial charge in [-0.2, -0.15) is 0 Å². The highest BCUT2D eigenvalue weighted by Gasteiger charge is 2.23. The molecule has 1 amide bonds. The van der Waals surface area contributed by atoms with Gasteiger partial charge in [-0.1, -0.05) is 11.6 Å². The SMILES string of the molecule is CC(C)(C)OC(=O)N1C=C(c2ccc(Cl)cn2)CCC1. The van der Waals surface area contributed by atoms with E-state index in [1.807, 2.05) is 33.0 Å². The molecule has 1 aliphatic heterocycles. The van der Waals surface area contributed by atoms with Gasteiger partial charge in [0.1, 0.15) is 5.60 Å². The Bertz CT molecular complexity index is 518. The number of rotatable bonds is 1. The van der Waals surface area contributed by atoms with Crippen molar-refractivity contribution >= 4 is 23.3 Å². The summed E-state index contributed by atoms with van der Waals surface area (Å²) in [6, 6.07) is 3.67. The van der Waals surface area contributed by atoms with Gasteiger partial charge < -0.3 is 4.74 Å². The lowest BCUT2D eigenvalue weighted by molar-refractivity contribution is 0.0329. The lowest BCUT2D eigenvalue weighted by atomic mass is 10.0. The van der Waals surface area contributed by atoms with Crippen molar-refractivity contribution in [2.45, 2.75) is 39.2 Å². The van der Waals surface area contributed by atoms with Crippen LogP contribution < -0.4 is 0 Å². The molecule has 0 atom stereocenters. The lowest BCUT2D eigenvalue weighted by Crippen LogP contribution is -2.35. The molecule has 0 N–H and O–H groups in total. The quantitative estimate of drug-likeness (QED) is 0.783. The molecule has 0 radical (unpaired) electrons. The van der Waals surface area contributed by atoms with Crippen molar-refractivity contribution < 1.29 is 9.53 Å². The first kappa shape index (κ1) is 14.9. The topological polar surface area (TPSA) is 42.4 Å². The predicted molar refractivity (Wildman–Crippen MR) is 79.4 cm³/mol. The molecular formula is C15H19ClN2O2. The maximum Gasteiger partial charge on any atom is 0.414 e. The van der Waals surface area contributed by atoms with Gasteiger partial charge in [-0.3, -0.25) is 9.88 Å². The Labute approximate surface area is 124 Å². The number of aromatic nitrogens is 1. The summed E-state index contributed by atoms with van der Waals surface area (Å²) in [6.45, 7) is 6.26. The van der Waals surface area contributed by atoms with Gasteiger partial charge in [-0.05, 0) is 51.3 Å². The maximum atomic E-state index is 12.1. The van der Waals surface area contributed by atoms with Crippen LogP contribution in [0, 0.1) is 0 Å². The van der Waals surface area contributed by atoms with Crippen LogP contribution in [0.15, 0.2) is 24.5 Å². The Morgan fingerprint density at radius 2 is 2.15 bits per heavy atom. The minimum atomic E-state index is -0.485. The standard InChI is InChI=1S/C15H19ClN2O2/c1-15(2,3)20-14(19)18-8-4-5-11(10-18)13-7-6-12(16)9-17-13/h6-7,9-10H,4-5,8H2,1-3H3. The zero-order valence-electron chi connectivity index (χ0n) is 12.0. The van der Waals surface area contributed by atoms with Crippen molar-refractivity contribution in [2.24, 2.45) is 0 Å². The van der Waals surface area contributed by atoms with E-state index in [-0.39, 0.29) is 6.09 Å². The van der Waals surface area contributed by atoms with E-state index in [0.29, 0.717) is 11.6 Å². The number of allylic oxidation sites excluding steroid dienone is 1. The van der Waals surface area contributed by atoms with E-state index in [0.717, 1.165) is 24.1 Å². The first-order valence-electron chi connectivity index (χ1n) is 6.67. The molecule has 108 valence electrons. The fourth-order valence-corrected chi connectivity index (χ4v) is 2.09. The van der Waals surface area contributed by atoms with Gasteiger partial charge in [-0.15, -0.1) is 0 Å². The third-order valence-electron chi connectivity index (χ3n) is 2.84. The molecule has 5 heteroatoms. The zero-order chi connectivity index (χ0) is 14.8. The molecule has 0 bridgehead atoms. The van der Waals surface area contributed by atoms with Gasteiger partial charge in [0.05, 0.1) is 10.7 Å². The number of carbonyl (C=O) groups excluding carboxylic acids is 1. The zero-order valence-corrected chi connectivity index (χ0v) is 12.8. The minimum Gasteiger partial charge on any atom is -0.443 e. The summed E-state index contributed by atoms with van der Waals surface area (Å²) in [4.78, 5) is 18.0. The second-order valence-corrected chi connectivity index (χ2v) is 6.23. The Balaban J connectivity index is 2.15. The molecule has 0 fully saturated rings. The largest absolute Gasteiger partial charge is 0.443 e. The lowest BCUT2D eigenvalue weighted by Gasteiger charge is -2.28. The first-order chi connectivity index (χ1) is 9.35. The molecule has 0 unspecified atom stereocenters. The number of pyridine rings is 1. The molecule has 1 aliphatic rings. The minimum absolute atomic E-state index is 0.316. The molecule has 0 saturated heterocycles. The van der Waals surface area contributed by atoms with E-state index < -0.39 is 5.60 Å². The fourth-order valence-electron chi connectivity index (χ4n) is 1.98. The molecule has 2 rings (SSSR count). The molecule has 0 aliphatic carbocycles. The van der Waals surface area contributed by atoms with Gasteiger partial charge in [0, 0.05) is 18.9 Å². The second kappa shape index (κ2) is 5.83. The van der Waals surface area contributed by atoms with E-state index in [9.17, 15) is 4.79 Å². The monoisotopic (exact) mass is 294 g/mol. The van der Waals surface area contributed by atoms with Crippen molar-refractivity contribution in [3.8, 4) is 0 Å². The van der Waals surface area contributed by atoms with Crippen LogP contribution >= 0.6 is 11.6 Å². The molecular weight excluding hydrogens is 276 g/mol. The average Bonchev–Trinajstić information content (AvgIpc) is 2.38. The number of nitrogens with zero attached hydrogens (tertiary/aromatic N) is 2. The second-order valence-electron chi connectivity index (χ2n) is 5.79. The van der Waals surface area contributed by atoms with E-state index in [1.165, 1.54) is 0 Å². The molecule has 0 spiro atoms. The van der Waals surface area contributed by atoms with E-state index >= 15 is 0 Å². The van der Waals surface area contributed by atoms with Crippen molar-refractivity contribution in [2.75, 3.05) is 6.54 Å². The molecule has 4 nitrogen and oxygen atoms in total. The van der Waals surface area contributed by atoms with Crippen LogP contribution in [-0.4, -0.2) is 28.1 Å². The van der Waals surface area contributed by atoms with Crippen LogP contribution in [0.25, 0.3) is 5.57 Å². The van der Waals surface area contributed by atoms with Crippen molar-refractivity contribution in [1.29, 1.82) is 0 Å². The maximum absolute atomic E-state index is 12.1. The molecule has 0 saturated carbocycles. The van der Waals surface area contributed by atoms with Crippen molar-refractivity contribution in [3.05, 3.63) is 35.2 Å².